The summed E-state index contributed by atoms with van der Waals surface area (Å²) in [5, 5.41) is 14.2. The van der Waals surface area contributed by atoms with Crippen LogP contribution in [0.1, 0.15) is 40.3 Å². The molecule has 0 saturated heterocycles. The van der Waals surface area contributed by atoms with Crippen LogP contribution >= 0.6 is 0 Å². The quantitative estimate of drug-likeness (QED) is 0.435. The standard InChI is InChI=1S/C29H37N7O2/c1-9-14-35-26(37)21-16-30-27(31-19(3)15-20-17-34(8)18-28(4,5)22(20)10-2)33-25(21)36(35)24-13-11-12-23(32-24)29(6,7)38/h9-13,15-16,38H,1-2,14,17-18H2,3-8H3,(H,30,31,33)/b19-15+. The third-order valence-corrected chi connectivity index (χ3v) is 6.64. The SMILES string of the molecule is C=CCn1c(=O)c2cnc(N/C(C)=C/C3=C(C=C)C(C)(C)CN(C)C3)nc2n1-c1cccc(C(C)(C)O)n1. The Morgan fingerprint density at radius 2 is 2.00 bits per heavy atom. The molecule has 3 aromatic rings. The average Bonchev–Trinajstić information content (AvgIpc) is 3.09. The van der Waals surface area contributed by atoms with Crippen molar-refractivity contribution in [2.24, 2.45) is 5.41 Å². The molecule has 1 aliphatic rings. The molecule has 0 bridgehead atoms. The van der Waals surface area contributed by atoms with Crippen LogP contribution in [0.5, 0.6) is 0 Å². The zero-order valence-corrected chi connectivity index (χ0v) is 23.1. The van der Waals surface area contributed by atoms with E-state index in [-0.39, 0.29) is 17.5 Å². The maximum Gasteiger partial charge on any atom is 0.278 e. The molecule has 9 nitrogen and oxygen atoms in total. The van der Waals surface area contributed by atoms with E-state index >= 15 is 0 Å². The summed E-state index contributed by atoms with van der Waals surface area (Å²) in [4.78, 5) is 29.3. The van der Waals surface area contributed by atoms with Gasteiger partial charge in [-0.25, -0.2) is 19.3 Å². The summed E-state index contributed by atoms with van der Waals surface area (Å²) >= 11 is 0. The van der Waals surface area contributed by atoms with Crippen molar-refractivity contribution in [3.8, 4) is 5.82 Å². The van der Waals surface area contributed by atoms with Crippen LogP contribution in [0.4, 0.5) is 5.95 Å². The van der Waals surface area contributed by atoms with Gasteiger partial charge in [-0.1, -0.05) is 38.6 Å². The molecule has 2 N–H and O–H groups in total. The Hall–Kier alpha value is -3.82. The molecule has 0 saturated carbocycles. The molecule has 0 spiro atoms. The molecule has 0 fully saturated rings. The van der Waals surface area contributed by atoms with Crippen LogP contribution in [0.2, 0.25) is 0 Å². The van der Waals surface area contributed by atoms with Gasteiger partial charge >= 0.3 is 0 Å². The van der Waals surface area contributed by atoms with E-state index in [0.29, 0.717) is 28.5 Å². The molecule has 200 valence electrons. The number of rotatable bonds is 8. The number of nitrogens with one attached hydrogen (secondary N) is 1. The summed E-state index contributed by atoms with van der Waals surface area (Å²) in [6, 6.07) is 5.32. The molecule has 38 heavy (non-hydrogen) atoms. The van der Waals surface area contributed by atoms with Gasteiger partial charge in [0.05, 0.1) is 12.2 Å². The number of fused-ring (bicyclic) bond motifs is 1. The third-order valence-electron chi connectivity index (χ3n) is 6.64. The zero-order chi connectivity index (χ0) is 27.8. The van der Waals surface area contributed by atoms with E-state index in [9.17, 15) is 9.90 Å². The lowest BCUT2D eigenvalue weighted by Crippen LogP contribution is -2.39. The summed E-state index contributed by atoms with van der Waals surface area (Å²) in [6.07, 6.45) is 7.22. The van der Waals surface area contributed by atoms with Crippen molar-refractivity contribution < 1.29 is 5.11 Å². The summed E-state index contributed by atoms with van der Waals surface area (Å²) in [5.74, 6) is 0.822. The Morgan fingerprint density at radius 1 is 1.26 bits per heavy atom. The van der Waals surface area contributed by atoms with E-state index < -0.39 is 5.60 Å². The normalized spacial score (nSPS) is 16.7. The third kappa shape index (κ3) is 5.25. The largest absolute Gasteiger partial charge is 0.384 e. The van der Waals surface area contributed by atoms with Gasteiger partial charge in [0.1, 0.15) is 11.0 Å². The second kappa shape index (κ2) is 10.2. The molecular weight excluding hydrogens is 478 g/mol. The van der Waals surface area contributed by atoms with Crippen LogP contribution in [0.3, 0.4) is 0 Å². The van der Waals surface area contributed by atoms with Crippen LogP contribution < -0.4 is 10.9 Å². The number of hydrogen-bond acceptors (Lipinski definition) is 7. The van der Waals surface area contributed by atoms with Crippen molar-refractivity contribution in [2.45, 2.75) is 46.8 Å². The highest BCUT2D eigenvalue weighted by Crippen LogP contribution is 2.35. The van der Waals surface area contributed by atoms with Crippen molar-refractivity contribution in [3.05, 3.63) is 88.7 Å². The lowest BCUT2D eigenvalue weighted by molar-refractivity contribution is 0.0738. The molecule has 0 aliphatic carbocycles. The molecule has 0 aromatic carbocycles. The molecule has 0 atom stereocenters. The Morgan fingerprint density at radius 3 is 2.66 bits per heavy atom. The number of hydrogen-bond donors (Lipinski definition) is 2. The van der Waals surface area contributed by atoms with Crippen molar-refractivity contribution in [1.82, 2.24) is 29.2 Å². The first kappa shape index (κ1) is 27.2. The van der Waals surface area contributed by atoms with Crippen molar-refractivity contribution in [1.29, 1.82) is 0 Å². The summed E-state index contributed by atoms with van der Waals surface area (Å²) in [7, 11) is 2.11. The Labute approximate surface area is 223 Å². The number of pyridine rings is 1. The van der Waals surface area contributed by atoms with Crippen LogP contribution in [-0.2, 0) is 12.1 Å². The van der Waals surface area contributed by atoms with Crippen LogP contribution in [0, 0.1) is 5.41 Å². The monoisotopic (exact) mass is 515 g/mol. The average molecular weight is 516 g/mol. The lowest BCUT2D eigenvalue weighted by Gasteiger charge is -2.38. The van der Waals surface area contributed by atoms with Crippen molar-refractivity contribution >= 4 is 17.0 Å². The second-order valence-corrected chi connectivity index (χ2v) is 11.0. The second-order valence-electron chi connectivity index (χ2n) is 11.0. The number of nitrogens with zero attached hydrogens (tertiary/aromatic N) is 6. The van der Waals surface area contributed by atoms with Gasteiger partial charge in [0, 0.05) is 30.4 Å². The first-order valence-corrected chi connectivity index (χ1v) is 12.7. The van der Waals surface area contributed by atoms with E-state index in [4.69, 9.17) is 4.98 Å². The molecule has 1 aliphatic heterocycles. The molecule has 9 heteroatoms. The first-order valence-electron chi connectivity index (χ1n) is 12.7. The van der Waals surface area contributed by atoms with Gasteiger partial charge in [0.2, 0.25) is 5.95 Å². The van der Waals surface area contributed by atoms with E-state index in [2.05, 4.69) is 60.3 Å². The van der Waals surface area contributed by atoms with Crippen molar-refractivity contribution in [2.75, 3.05) is 25.5 Å². The van der Waals surface area contributed by atoms with Gasteiger partial charge in [0.15, 0.2) is 11.5 Å². The summed E-state index contributed by atoms with van der Waals surface area (Å²) in [6.45, 7) is 19.6. The van der Waals surface area contributed by atoms with Gasteiger partial charge in [-0.3, -0.25) is 4.79 Å². The van der Waals surface area contributed by atoms with E-state index in [0.717, 1.165) is 18.8 Å². The van der Waals surface area contributed by atoms with Gasteiger partial charge in [-0.2, -0.15) is 4.98 Å². The molecule has 4 heterocycles. The van der Waals surface area contributed by atoms with E-state index in [1.165, 1.54) is 22.0 Å². The molecule has 0 amide bonds. The molecule has 0 radical (unpaired) electrons. The number of likely N-dealkylation sites (N-methyl/N-ethyl adjacent to an activating group) is 1. The van der Waals surface area contributed by atoms with Crippen molar-refractivity contribution in [3.63, 3.8) is 0 Å². The molecular formula is C29H37N7O2. The highest BCUT2D eigenvalue weighted by molar-refractivity contribution is 5.76. The minimum Gasteiger partial charge on any atom is -0.384 e. The minimum atomic E-state index is -1.15. The zero-order valence-electron chi connectivity index (χ0n) is 23.1. The first-order chi connectivity index (χ1) is 17.9. The Balaban J connectivity index is 1.80. The van der Waals surface area contributed by atoms with E-state index in [1.807, 2.05) is 13.0 Å². The maximum atomic E-state index is 13.2. The van der Waals surface area contributed by atoms with Crippen LogP contribution in [0.25, 0.3) is 16.9 Å². The molecule has 4 rings (SSSR count). The fourth-order valence-electron chi connectivity index (χ4n) is 5.12. The number of aliphatic hydroxyl groups is 1. The van der Waals surface area contributed by atoms with Crippen LogP contribution in [-0.4, -0.2) is 54.5 Å². The lowest BCUT2D eigenvalue weighted by atomic mass is 9.78. The number of allylic oxidation sites excluding steroid dienone is 3. The van der Waals surface area contributed by atoms with Gasteiger partial charge in [0.25, 0.3) is 5.56 Å². The topological polar surface area (TPSA) is 101 Å². The predicted molar refractivity (Wildman–Crippen MR) is 152 cm³/mol. The fraction of sp³-hybridized carbons (Fsp3) is 0.379. The van der Waals surface area contributed by atoms with Gasteiger partial charge in [-0.05, 0) is 57.2 Å². The maximum absolute atomic E-state index is 13.2. The smallest absolute Gasteiger partial charge is 0.278 e. The van der Waals surface area contributed by atoms with Gasteiger partial charge in [-0.15, -0.1) is 6.58 Å². The van der Waals surface area contributed by atoms with E-state index in [1.54, 1.807) is 42.8 Å². The minimum absolute atomic E-state index is 0.00885. The summed E-state index contributed by atoms with van der Waals surface area (Å²) < 4.78 is 3.16. The predicted octanol–water partition coefficient (Wildman–Crippen LogP) is 4.16. The molecule has 0 unspecified atom stereocenters. The van der Waals surface area contributed by atoms with Crippen LogP contribution in [0.15, 0.2) is 77.4 Å². The number of anilines is 1. The fourth-order valence-corrected chi connectivity index (χ4v) is 5.12. The van der Waals surface area contributed by atoms with Gasteiger partial charge < -0.3 is 15.3 Å². The summed E-state index contributed by atoms with van der Waals surface area (Å²) in [5.41, 5.74) is 2.76. The Kier molecular flexibility index (Phi) is 7.27. The highest BCUT2D eigenvalue weighted by atomic mass is 16.3. The highest BCUT2D eigenvalue weighted by Gasteiger charge is 2.30. The molecule has 3 aromatic heterocycles. The number of aromatic nitrogens is 5. The Bertz CT molecular complexity index is 1520.